The molecule has 1 aromatic carbocycles. The van der Waals surface area contributed by atoms with Gasteiger partial charge < -0.3 is 15.2 Å². The van der Waals surface area contributed by atoms with E-state index in [0.29, 0.717) is 13.2 Å². The Kier molecular flexibility index (Phi) is 6.73. The molecule has 0 aliphatic carbocycles. The summed E-state index contributed by atoms with van der Waals surface area (Å²) < 4.78 is 6.28. The minimum absolute atomic E-state index is 0.247. The highest BCUT2D eigenvalue weighted by Crippen LogP contribution is 2.17. The fourth-order valence-electron chi connectivity index (χ4n) is 1.50. The third-order valence-electron chi connectivity index (χ3n) is 2.47. The zero-order valence-electron chi connectivity index (χ0n) is 10.3. The maximum Gasteiger partial charge on any atom is 0.0914 e. The van der Waals surface area contributed by atoms with E-state index >= 15 is 0 Å². The number of halogens is 1. The Balaban J connectivity index is 2.36. The SMILES string of the molecule is CCOCC(C)NCC(O)c1cccc(Br)c1. The summed E-state index contributed by atoms with van der Waals surface area (Å²) in [6.45, 7) is 5.94. The van der Waals surface area contributed by atoms with Crippen LogP contribution >= 0.6 is 15.9 Å². The highest BCUT2D eigenvalue weighted by atomic mass is 79.9. The lowest BCUT2D eigenvalue weighted by Gasteiger charge is -2.17. The smallest absolute Gasteiger partial charge is 0.0914 e. The fraction of sp³-hybridized carbons (Fsp3) is 0.538. The average Bonchev–Trinajstić information content (AvgIpc) is 2.33. The molecule has 0 saturated heterocycles. The van der Waals surface area contributed by atoms with Crippen LogP contribution in [-0.2, 0) is 4.74 Å². The van der Waals surface area contributed by atoms with Crippen molar-refractivity contribution in [2.24, 2.45) is 0 Å². The van der Waals surface area contributed by atoms with Crippen molar-refractivity contribution in [1.29, 1.82) is 0 Å². The van der Waals surface area contributed by atoms with Crippen molar-refractivity contribution in [3.63, 3.8) is 0 Å². The quantitative estimate of drug-likeness (QED) is 0.813. The topological polar surface area (TPSA) is 41.5 Å². The summed E-state index contributed by atoms with van der Waals surface area (Å²) in [4.78, 5) is 0. The van der Waals surface area contributed by atoms with Crippen LogP contribution in [0.15, 0.2) is 28.7 Å². The summed E-state index contributed by atoms with van der Waals surface area (Å²) >= 11 is 3.39. The number of ether oxygens (including phenoxy) is 1. The Labute approximate surface area is 111 Å². The zero-order chi connectivity index (χ0) is 12.7. The maximum atomic E-state index is 10.00. The second-order valence-electron chi connectivity index (χ2n) is 4.04. The number of hydrogen-bond donors (Lipinski definition) is 2. The van der Waals surface area contributed by atoms with Crippen LogP contribution in [-0.4, -0.2) is 30.9 Å². The van der Waals surface area contributed by atoms with Crippen LogP contribution in [0.25, 0.3) is 0 Å². The Morgan fingerprint density at radius 1 is 1.47 bits per heavy atom. The lowest BCUT2D eigenvalue weighted by atomic mass is 10.1. The molecule has 0 bridgehead atoms. The molecule has 96 valence electrons. The van der Waals surface area contributed by atoms with Crippen molar-refractivity contribution in [3.8, 4) is 0 Å². The van der Waals surface area contributed by atoms with Crippen molar-refractivity contribution < 1.29 is 9.84 Å². The van der Waals surface area contributed by atoms with Gasteiger partial charge in [0.15, 0.2) is 0 Å². The van der Waals surface area contributed by atoms with Crippen molar-refractivity contribution in [2.75, 3.05) is 19.8 Å². The van der Waals surface area contributed by atoms with Gasteiger partial charge in [-0.05, 0) is 31.5 Å². The van der Waals surface area contributed by atoms with E-state index in [9.17, 15) is 5.11 Å². The fourth-order valence-corrected chi connectivity index (χ4v) is 1.92. The van der Waals surface area contributed by atoms with Crippen molar-refractivity contribution in [2.45, 2.75) is 26.0 Å². The van der Waals surface area contributed by atoms with E-state index < -0.39 is 6.10 Å². The summed E-state index contributed by atoms with van der Waals surface area (Å²) in [7, 11) is 0. The third-order valence-corrected chi connectivity index (χ3v) is 2.96. The molecule has 2 unspecified atom stereocenters. The van der Waals surface area contributed by atoms with Crippen LogP contribution in [0.5, 0.6) is 0 Å². The van der Waals surface area contributed by atoms with Gasteiger partial charge in [-0.15, -0.1) is 0 Å². The minimum atomic E-state index is -0.489. The van der Waals surface area contributed by atoms with Gasteiger partial charge in [0.05, 0.1) is 12.7 Å². The molecule has 1 rings (SSSR count). The first-order valence-corrected chi connectivity index (χ1v) is 6.67. The summed E-state index contributed by atoms with van der Waals surface area (Å²) in [5.74, 6) is 0. The minimum Gasteiger partial charge on any atom is -0.387 e. The average molecular weight is 302 g/mol. The molecule has 2 N–H and O–H groups in total. The van der Waals surface area contributed by atoms with Gasteiger partial charge >= 0.3 is 0 Å². The van der Waals surface area contributed by atoms with Crippen LogP contribution in [0.3, 0.4) is 0 Å². The zero-order valence-corrected chi connectivity index (χ0v) is 11.9. The highest BCUT2D eigenvalue weighted by molar-refractivity contribution is 9.10. The normalized spacial score (nSPS) is 14.6. The summed E-state index contributed by atoms with van der Waals surface area (Å²) in [6, 6.07) is 7.97. The molecule has 0 saturated carbocycles. The maximum absolute atomic E-state index is 10.00. The summed E-state index contributed by atoms with van der Waals surface area (Å²) in [5.41, 5.74) is 0.912. The van der Waals surface area contributed by atoms with Gasteiger partial charge in [0.25, 0.3) is 0 Å². The van der Waals surface area contributed by atoms with Crippen molar-refractivity contribution in [3.05, 3.63) is 34.3 Å². The molecule has 2 atom stereocenters. The van der Waals surface area contributed by atoms with Crippen LogP contribution < -0.4 is 5.32 Å². The van der Waals surface area contributed by atoms with Gasteiger partial charge in [-0.1, -0.05) is 28.1 Å². The molecular formula is C13H20BrNO2. The molecule has 4 heteroatoms. The van der Waals surface area contributed by atoms with Gasteiger partial charge in [0.2, 0.25) is 0 Å². The monoisotopic (exact) mass is 301 g/mol. The first-order chi connectivity index (χ1) is 8.13. The molecule has 0 aromatic heterocycles. The van der Waals surface area contributed by atoms with E-state index in [0.717, 1.165) is 16.6 Å². The Morgan fingerprint density at radius 2 is 2.24 bits per heavy atom. The van der Waals surface area contributed by atoms with E-state index in [4.69, 9.17) is 4.74 Å². The van der Waals surface area contributed by atoms with E-state index in [-0.39, 0.29) is 6.04 Å². The van der Waals surface area contributed by atoms with Gasteiger partial charge in [-0.25, -0.2) is 0 Å². The third kappa shape index (κ3) is 5.64. The second-order valence-corrected chi connectivity index (χ2v) is 4.96. The molecule has 0 amide bonds. The van der Waals surface area contributed by atoms with E-state index in [2.05, 4.69) is 21.2 Å². The van der Waals surface area contributed by atoms with Crippen molar-refractivity contribution in [1.82, 2.24) is 5.32 Å². The Hall–Kier alpha value is -0.420. The van der Waals surface area contributed by atoms with E-state index in [1.165, 1.54) is 0 Å². The van der Waals surface area contributed by atoms with Gasteiger partial charge in [-0.3, -0.25) is 0 Å². The van der Waals surface area contributed by atoms with Gasteiger partial charge in [0.1, 0.15) is 0 Å². The van der Waals surface area contributed by atoms with E-state index in [1.54, 1.807) is 0 Å². The number of nitrogens with one attached hydrogen (secondary N) is 1. The molecule has 1 aromatic rings. The van der Waals surface area contributed by atoms with E-state index in [1.807, 2.05) is 38.1 Å². The highest BCUT2D eigenvalue weighted by Gasteiger charge is 2.09. The first kappa shape index (κ1) is 14.6. The van der Waals surface area contributed by atoms with Crippen LogP contribution in [0, 0.1) is 0 Å². The predicted octanol–water partition coefficient (Wildman–Crippen LogP) is 2.50. The van der Waals surface area contributed by atoms with Gasteiger partial charge in [-0.2, -0.15) is 0 Å². The van der Waals surface area contributed by atoms with Crippen LogP contribution in [0.2, 0.25) is 0 Å². The molecule has 0 radical (unpaired) electrons. The molecule has 0 aliphatic rings. The Bertz CT molecular complexity index is 333. The molecule has 0 spiro atoms. The van der Waals surface area contributed by atoms with Crippen LogP contribution in [0.1, 0.15) is 25.5 Å². The number of aliphatic hydroxyl groups is 1. The molecule has 0 aliphatic heterocycles. The largest absolute Gasteiger partial charge is 0.387 e. The molecule has 3 nitrogen and oxygen atoms in total. The Morgan fingerprint density at radius 3 is 2.88 bits per heavy atom. The lowest BCUT2D eigenvalue weighted by molar-refractivity contribution is 0.116. The number of hydrogen-bond acceptors (Lipinski definition) is 3. The first-order valence-electron chi connectivity index (χ1n) is 5.88. The summed E-state index contributed by atoms with van der Waals surface area (Å²) in [6.07, 6.45) is -0.489. The number of aliphatic hydroxyl groups excluding tert-OH is 1. The lowest BCUT2D eigenvalue weighted by Crippen LogP contribution is -2.33. The molecule has 0 heterocycles. The molecule has 0 fully saturated rings. The molecule has 17 heavy (non-hydrogen) atoms. The van der Waals surface area contributed by atoms with Gasteiger partial charge in [0, 0.05) is 23.7 Å². The standard InChI is InChI=1S/C13H20BrNO2/c1-3-17-9-10(2)15-8-13(16)11-5-4-6-12(14)7-11/h4-7,10,13,15-16H,3,8-9H2,1-2H3. The van der Waals surface area contributed by atoms with Crippen molar-refractivity contribution >= 4 is 15.9 Å². The predicted molar refractivity (Wildman–Crippen MR) is 73.1 cm³/mol. The van der Waals surface area contributed by atoms with Crippen LogP contribution in [0.4, 0.5) is 0 Å². The molecular weight excluding hydrogens is 282 g/mol. The summed E-state index contributed by atoms with van der Waals surface area (Å²) in [5, 5.41) is 13.2. The number of benzene rings is 1. The second kappa shape index (κ2) is 7.82. The number of rotatable bonds is 7.